The minimum Gasteiger partial charge on any atom is -0.456 e. The minimum atomic E-state index is -0.715. The molecule has 0 aliphatic heterocycles. The normalized spacial score (nSPS) is 16.5. The molecule has 228 valence electrons. The van der Waals surface area contributed by atoms with Gasteiger partial charge in [0.25, 0.3) is 0 Å². The molecular formula is C48H30O. The van der Waals surface area contributed by atoms with Gasteiger partial charge in [0.15, 0.2) is 0 Å². The van der Waals surface area contributed by atoms with Crippen LogP contribution in [0.3, 0.4) is 0 Å². The third kappa shape index (κ3) is 4.47. The molecule has 9 aromatic carbocycles. The molecule has 49 heavy (non-hydrogen) atoms. The van der Waals surface area contributed by atoms with Crippen molar-refractivity contribution < 1.29 is 27.7 Å². The second-order valence-electron chi connectivity index (χ2n) is 11.5. The molecule has 0 atom stereocenters. The molecule has 0 aliphatic rings. The Balaban J connectivity index is 1.35. The molecule has 0 bridgehead atoms. The average Bonchev–Trinajstić information content (AvgIpc) is 3.72. The summed E-state index contributed by atoms with van der Waals surface area (Å²) in [5, 5.41) is 0.743. The number of hydrogen-bond donors (Lipinski definition) is 0. The molecule has 10 aromatic rings. The van der Waals surface area contributed by atoms with Crippen molar-refractivity contribution >= 4 is 54.3 Å². The highest BCUT2D eigenvalue weighted by molar-refractivity contribution is 6.25. The van der Waals surface area contributed by atoms with Gasteiger partial charge in [-0.1, -0.05) is 151 Å². The van der Waals surface area contributed by atoms with Gasteiger partial charge in [0, 0.05) is 10.8 Å². The van der Waals surface area contributed by atoms with Crippen molar-refractivity contribution in [3.63, 3.8) is 0 Å². The summed E-state index contributed by atoms with van der Waals surface area (Å²) in [6.45, 7) is 0. The molecule has 0 fully saturated rings. The second-order valence-corrected chi connectivity index (χ2v) is 11.5. The van der Waals surface area contributed by atoms with Gasteiger partial charge < -0.3 is 4.42 Å². The monoisotopic (exact) mass is 639 g/mol. The number of rotatable bonds is 4. The van der Waals surface area contributed by atoms with E-state index in [0.717, 1.165) is 0 Å². The molecule has 0 amide bonds. The molecule has 0 unspecified atom stereocenters. The molecule has 0 N–H and O–H groups in total. The Labute approximate surface area is 308 Å². The van der Waals surface area contributed by atoms with E-state index in [-0.39, 0.29) is 67.7 Å². The topological polar surface area (TPSA) is 13.1 Å². The lowest BCUT2D eigenvalue weighted by Gasteiger charge is -2.18. The van der Waals surface area contributed by atoms with Crippen LogP contribution in [0.25, 0.3) is 98.8 Å². The third-order valence-corrected chi connectivity index (χ3v) is 8.69. The van der Waals surface area contributed by atoms with Gasteiger partial charge in [-0.05, 0) is 107 Å². The highest BCUT2D eigenvalue weighted by Crippen LogP contribution is 2.47. The van der Waals surface area contributed by atoms with Gasteiger partial charge in [-0.2, -0.15) is 0 Å². The lowest BCUT2D eigenvalue weighted by atomic mass is 9.84. The fourth-order valence-electron chi connectivity index (χ4n) is 6.55. The van der Waals surface area contributed by atoms with Crippen molar-refractivity contribution in [2.75, 3.05) is 0 Å². The van der Waals surface area contributed by atoms with E-state index >= 15 is 0 Å². The number of furan rings is 1. The summed E-state index contributed by atoms with van der Waals surface area (Å²) >= 11 is 0. The maximum Gasteiger partial charge on any atom is 0.136 e. The van der Waals surface area contributed by atoms with Crippen LogP contribution in [0, 0.1) is 0 Å². The molecule has 0 spiro atoms. The second kappa shape index (κ2) is 11.1. The SMILES string of the molecule is [2H]c1c([2H])c(-c2c([2H])c([2H])c3c([2H])c([2H])c([2H])c([2H])c3c2[2H])c([2H])c(-c2c3ccccc3c(-c3c([2H])c([2H])c([2H])c4oc5c([2H])c(-c6ccccc6)c([2H])c([2H])c5c34)c3ccccc23)c1[2H]. The number of hydrogen-bond acceptors (Lipinski definition) is 1. The van der Waals surface area contributed by atoms with Crippen LogP contribution in [-0.4, -0.2) is 0 Å². The Morgan fingerprint density at radius 3 is 1.76 bits per heavy atom. The summed E-state index contributed by atoms with van der Waals surface area (Å²) in [6, 6.07) is 12.8. The van der Waals surface area contributed by atoms with Crippen LogP contribution >= 0.6 is 0 Å². The molecule has 10 rings (SSSR count). The molecule has 0 aliphatic carbocycles. The van der Waals surface area contributed by atoms with Gasteiger partial charge in [0.05, 0.1) is 23.3 Å². The van der Waals surface area contributed by atoms with Gasteiger partial charge >= 0.3 is 0 Å². The van der Waals surface area contributed by atoms with Crippen LogP contribution in [-0.2, 0) is 0 Å². The highest BCUT2D eigenvalue weighted by atomic mass is 16.3. The van der Waals surface area contributed by atoms with Crippen molar-refractivity contribution in [1.29, 1.82) is 0 Å². The van der Waals surface area contributed by atoms with Gasteiger partial charge in [0.2, 0.25) is 0 Å². The van der Waals surface area contributed by atoms with Crippen molar-refractivity contribution in [1.82, 2.24) is 0 Å². The first-order chi connectivity index (χ1) is 31.4. The Hall–Kier alpha value is -6.44. The highest BCUT2D eigenvalue weighted by Gasteiger charge is 2.20. The Morgan fingerprint density at radius 2 is 0.980 bits per heavy atom. The molecule has 1 nitrogen and oxygen atoms in total. The zero-order valence-electron chi connectivity index (χ0n) is 42.4. The minimum absolute atomic E-state index is 0.00302. The summed E-state index contributed by atoms with van der Waals surface area (Å²) < 4.78 is 160. The molecule has 1 heterocycles. The summed E-state index contributed by atoms with van der Waals surface area (Å²) in [5.74, 6) is 0. The summed E-state index contributed by atoms with van der Waals surface area (Å²) in [5.41, 5.74) is -0.229. The third-order valence-electron chi connectivity index (χ3n) is 8.69. The van der Waals surface area contributed by atoms with Crippen LogP contribution in [0.2, 0.25) is 0 Å². The molecule has 1 heteroatoms. The fourth-order valence-corrected chi connectivity index (χ4v) is 6.55. The summed E-state index contributed by atoms with van der Waals surface area (Å²) in [4.78, 5) is 0. The van der Waals surface area contributed by atoms with Crippen molar-refractivity contribution in [3.05, 3.63) is 182 Å². The van der Waals surface area contributed by atoms with Gasteiger partial charge in [-0.15, -0.1) is 0 Å². The molecule has 0 radical (unpaired) electrons. The van der Waals surface area contributed by atoms with E-state index in [0.29, 0.717) is 32.7 Å². The summed E-state index contributed by atoms with van der Waals surface area (Å²) in [7, 11) is 0. The average molecular weight is 640 g/mol. The summed E-state index contributed by atoms with van der Waals surface area (Å²) in [6.07, 6.45) is 0. The van der Waals surface area contributed by atoms with E-state index in [1.54, 1.807) is 78.9 Å². The molecule has 0 saturated heterocycles. The van der Waals surface area contributed by atoms with Gasteiger partial charge in [-0.3, -0.25) is 0 Å². The Morgan fingerprint density at radius 1 is 0.367 bits per heavy atom. The smallest absolute Gasteiger partial charge is 0.136 e. The fraction of sp³-hybridized carbons (Fsp3) is 0. The number of fused-ring (bicyclic) bond motifs is 6. The van der Waals surface area contributed by atoms with Crippen LogP contribution in [0.5, 0.6) is 0 Å². The first-order valence-electron chi connectivity index (χ1n) is 24.0. The molecule has 1 aromatic heterocycles. The molecular weight excluding hydrogens is 593 g/mol. The predicted molar refractivity (Wildman–Crippen MR) is 208 cm³/mol. The van der Waals surface area contributed by atoms with E-state index in [4.69, 9.17) is 19.5 Å². The van der Waals surface area contributed by atoms with E-state index < -0.39 is 101 Å². The van der Waals surface area contributed by atoms with Crippen LogP contribution in [0.4, 0.5) is 0 Å². The zero-order valence-corrected chi connectivity index (χ0v) is 25.4. The Kier molecular flexibility index (Phi) is 3.54. The van der Waals surface area contributed by atoms with E-state index in [1.165, 1.54) is 0 Å². The lowest BCUT2D eigenvalue weighted by molar-refractivity contribution is 0.669. The van der Waals surface area contributed by atoms with Crippen molar-refractivity contribution in [2.24, 2.45) is 0 Å². The zero-order chi connectivity index (χ0) is 47.1. The van der Waals surface area contributed by atoms with Crippen LogP contribution < -0.4 is 0 Å². The van der Waals surface area contributed by atoms with E-state index in [2.05, 4.69) is 0 Å². The van der Waals surface area contributed by atoms with E-state index in [9.17, 15) is 8.22 Å². The van der Waals surface area contributed by atoms with Gasteiger partial charge in [-0.25, -0.2) is 0 Å². The lowest BCUT2D eigenvalue weighted by Crippen LogP contribution is -1.91. The van der Waals surface area contributed by atoms with Crippen molar-refractivity contribution in [2.45, 2.75) is 0 Å². The largest absolute Gasteiger partial charge is 0.456 e. The van der Waals surface area contributed by atoms with Crippen LogP contribution in [0.1, 0.15) is 23.3 Å². The standard InChI is InChI=1S/C48H30O/c1-2-12-31(13-3-1)36-26-27-42-45(30-36)49-44-23-11-22-43(48(42)44)47-40-20-8-6-18-38(40)46(39-19-7-9-21-41(39)47)37-17-10-16-34(29-37)35-25-24-32-14-4-5-15-33(32)28-35/h1-30H/i4D,5D,10D,11D,14D,15D,16D,17D,22D,23D,24D,25D,26D,27D,28D,29D,30D. The maximum absolute atomic E-state index is 9.77. The van der Waals surface area contributed by atoms with Crippen molar-refractivity contribution in [3.8, 4) is 44.5 Å². The molecule has 0 saturated carbocycles. The number of benzene rings is 9. The van der Waals surface area contributed by atoms with Crippen LogP contribution in [0.15, 0.2) is 186 Å². The van der Waals surface area contributed by atoms with E-state index in [1.807, 2.05) is 0 Å². The predicted octanol–water partition coefficient (Wildman–Crippen LogP) is 13.7. The first-order valence-corrected chi connectivity index (χ1v) is 15.5. The van der Waals surface area contributed by atoms with Gasteiger partial charge in [0.1, 0.15) is 11.2 Å². The quantitative estimate of drug-likeness (QED) is 0.175. The Bertz CT molecular complexity index is 3790. The maximum atomic E-state index is 9.77. The first kappa shape index (κ1) is 15.6.